The number of unbranched alkanes of at least 4 members (excludes halogenated alkanes) is 8. The molecule has 0 saturated carbocycles. The quantitative estimate of drug-likeness (QED) is 0.0159. The van der Waals surface area contributed by atoms with Crippen molar-refractivity contribution in [1.82, 2.24) is 0 Å². The van der Waals surface area contributed by atoms with E-state index in [-0.39, 0.29) is 23.8 Å². The van der Waals surface area contributed by atoms with Gasteiger partial charge in [0.2, 0.25) is 6.08 Å². The normalized spacial score (nSPS) is 11.1. The van der Waals surface area contributed by atoms with Gasteiger partial charge in [-0.25, -0.2) is 19.2 Å². The first-order valence-electron chi connectivity index (χ1n) is 16.6. The summed E-state index contributed by atoms with van der Waals surface area (Å²) in [4.78, 5) is 62.2. The summed E-state index contributed by atoms with van der Waals surface area (Å²) in [5, 5.41) is 8.55. The molecular formula is C37H44N2O10. The fraction of sp³-hybridized carbons (Fsp3) is 0.459. The number of esters is 4. The molecule has 0 amide bonds. The third-order valence-electron chi connectivity index (χ3n) is 7.16. The van der Waals surface area contributed by atoms with Gasteiger partial charge in [0.25, 0.3) is 6.26 Å². The molecule has 0 bridgehead atoms. The van der Waals surface area contributed by atoms with Crippen molar-refractivity contribution in [3.05, 3.63) is 66.2 Å². The molecule has 0 aliphatic carbocycles. The first-order valence-corrected chi connectivity index (χ1v) is 16.6. The Balaban J connectivity index is 1.58. The highest BCUT2D eigenvalue weighted by molar-refractivity contribution is 5.90. The maximum atomic E-state index is 12.4. The van der Waals surface area contributed by atoms with Gasteiger partial charge in [0.05, 0.1) is 11.3 Å². The number of benzene rings is 2. The number of hydrogen-bond donors (Lipinski definition) is 0. The zero-order valence-electron chi connectivity index (χ0n) is 27.9. The number of nitrogens with zero attached hydrogens (tertiary/aromatic N) is 2. The van der Waals surface area contributed by atoms with Gasteiger partial charge in [-0.1, -0.05) is 57.6 Å². The van der Waals surface area contributed by atoms with E-state index in [0.717, 1.165) is 64.2 Å². The monoisotopic (exact) mass is 676 g/mol. The van der Waals surface area contributed by atoms with Crippen LogP contribution in [0.1, 0.15) is 101 Å². The summed E-state index contributed by atoms with van der Waals surface area (Å²) in [6.45, 7) is 1.15. The molecule has 0 aromatic heterocycles. The maximum Gasteiger partial charge on any atom is 0.349 e. The van der Waals surface area contributed by atoms with E-state index in [1.165, 1.54) is 54.6 Å². The van der Waals surface area contributed by atoms with Crippen LogP contribution in [0.25, 0.3) is 0 Å². The molecule has 12 heteroatoms. The lowest BCUT2D eigenvalue weighted by Gasteiger charge is -2.16. The van der Waals surface area contributed by atoms with Crippen molar-refractivity contribution in [3.8, 4) is 17.8 Å². The van der Waals surface area contributed by atoms with Crippen LogP contribution in [0.15, 0.2) is 65.7 Å². The predicted molar refractivity (Wildman–Crippen MR) is 178 cm³/mol. The molecule has 0 saturated heterocycles. The number of ether oxygens (including phenoxy) is 5. The molecule has 49 heavy (non-hydrogen) atoms. The Morgan fingerprint density at radius 3 is 2.16 bits per heavy atom. The van der Waals surface area contributed by atoms with Crippen molar-refractivity contribution < 1.29 is 47.7 Å². The molecule has 12 nitrogen and oxygen atoms in total. The summed E-state index contributed by atoms with van der Waals surface area (Å²) in [6.07, 6.45) is 17.8. The smallest absolute Gasteiger partial charge is 0.349 e. The number of rotatable bonds is 24. The summed E-state index contributed by atoms with van der Waals surface area (Å²) in [6, 6.07) is 11.7. The lowest BCUT2D eigenvalue weighted by Crippen LogP contribution is -2.23. The number of carbonyl (C=O) groups excluding carboxylic acids is 5. The minimum Gasteiger partial charge on any atom is -0.460 e. The highest BCUT2D eigenvalue weighted by Crippen LogP contribution is 2.18. The molecule has 0 radical (unpaired) electrons. The zero-order chi connectivity index (χ0) is 35.5. The molecule has 2 aromatic rings. The van der Waals surface area contributed by atoms with E-state index in [4.69, 9.17) is 24.2 Å². The van der Waals surface area contributed by atoms with E-state index in [2.05, 4.69) is 22.7 Å². The van der Waals surface area contributed by atoms with E-state index < -0.39 is 37.1 Å². The number of allylic oxidation sites excluding steroid dienone is 1. The van der Waals surface area contributed by atoms with Gasteiger partial charge >= 0.3 is 23.9 Å². The Bertz CT molecular complexity index is 1420. The SMILES string of the molecule is CCCCCC[C@H](C/C=C\CCCCCCCC(=O)OCC(=O)Oc1ccc(N=C=O)cc1)OC(=O)COC(=O)c1ccc(OC#N)cc1. The molecule has 0 aliphatic heterocycles. The third-order valence-corrected chi connectivity index (χ3v) is 7.16. The van der Waals surface area contributed by atoms with Crippen LogP contribution in [0, 0.1) is 11.5 Å². The molecule has 0 fully saturated rings. The molecule has 262 valence electrons. The second-order valence-corrected chi connectivity index (χ2v) is 11.1. The molecule has 0 spiro atoms. The minimum absolute atomic E-state index is 0.217. The average molecular weight is 677 g/mol. The van der Waals surface area contributed by atoms with E-state index >= 15 is 0 Å². The number of carbonyl (C=O) groups is 4. The Kier molecular flexibility index (Phi) is 20.2. The number of nitriles is 1. The molecular weight excluding hydrogens is 632 g/mol. The average Bonchev–Trinajstić information content (AvgIpc) is 3.10. The first kappa shape index (κ1) is 39.9. The van der Waals surface area contributed by atoms with Gasteiger partial charge in [-0.2, -0.15) is 4.99 Å². The van der Waals surface area contributed by atoms with Crippen LogP contribution in [0.3, 0.4) is 0 Å². The Labute approximate surface area is 287 Å². The first-order chi connectivity index (χ1) is 23.8. The summed E-state index contributed by atoms with van der Waals surface area (Å²) >= 11 is 0. The standard InChI is InChI=1S/C37H44N2O10/c1-2-3-4-11-14-32(48-36(43)26-46-37(44)29-17-21-31(22-18-29)47-27-38)15-12-9-7-5-6-8-10-13-16-34(41)45-25-35(42)49-33-23-19-30(20-24-33)39-28-40/h9,12,17-24,32H,2-8,10-11,13-16,25-26H2,1H3/b12-9-/t32-/m1/s1. The fourth-order valence-corrected chi connectivity index (χ4v) is 4.60. The van der Waals surface area contributed by atoms with Crippen LogP contribution in [-0.4, -0.2) is 49.3 Å². The van der Waals surface area contributed by atoms with Gasteiger partial charge in [0.1, 0.15) is 17.6 Å². The maximum absolute atomic E-state index is 12.4. The van der Waals surface area contributed by atoms with Gasteiger partial charge in [0.15, 0.2) is 13.2 Å². The summed E-state index contributed by atoms with van der Waals surface area (Å²) in [5.41, 5.74) is 0.605. The zero-order valence-corrected chi connectivity index (χ0v) is 27.9. The largest absolute Gasteiger partial charge is 0.460 e. The van der Waals surface area contributed by atoms with Crippen LogP contribution in [0.5, 0.6) is 11.5 Å². The molecule has 0 unspecified atom stereocenters. The van der Waals surface area contributed by atoms with E-state index in [0.29, 0.717) is 24.3 Å². The van der Waals surface area contributed by atoms with Crippen LogP contribution in [0.4, 0.5) is 5.69 Å². The minimum atomic E-state index is -0.705. The molecule has 0 heterocycles. The molecule has 2 rings (SSSR count). The van der Waals surface area contributed by atoms with Gasteiger partial charge in [-0.3, -0.25) is 4.79 Å². The highest BCUT2D eigenvalue weighted by Gasteiger charge is 2.16. The van der Waals surface area contributed by atoms with Crippen molar-refractivity contribution in [2.75, 3.05) is 13.2 Å². The summed E-state index contributed by atoms with van der Waals surface area (Å²) < 4.78 is 25.5. The van der Waals surface area contributed by atoms with Gasteiger partial charge in [0, 0.05) is 12.8 Å². The highest BCUT2D eigenvalue weighted by atomic mass is 16.6. The number of hydrogen-bond acceptors (Lipinski definition) is 12. The van der Waals surface area contributed by atoms with Gasteiger partial charge < -0.3 is 23.7 Å². The Morgan fingerprint density at radius 1 is 0.776 bits per heavy atom. The van der Waals surface area contributed by atoms with Crippen molar-refractivity contribution in [2.45, 2.75) is 96.5 Å². The number of aliphatic imine (C=N–C) groups is 1. The van der Waals surface area contributed by atoms with Gasteiger partial charge in [-0.15, -0.1) is 5.26 Å². The molecule has 0 N–H and O–H groups in total. The lowest BCUT2D eigenvalue weighted by atomic mass is 10.1. The second kappa shape index (κ2) is 24.8. The van der Waals surface area contributed by atoms with E-state index in [1.807, 2.05) is 6.08 Å². The van der Waals surface area contributed by atoms with Crippen LogP contribution >= 0.6 is 0 Å². The lowest BCUT2D eigenvalue weighted by molar-refractivity contribution is -0.153. The second-order valence-electron chi connectivity index (χ2n) is 11.1. The van der Waals surface area contributed by atoms with Crippen molar-refractivity contribution in [2.24, 2.45) is 4.99 Å². The summed E-state index contributed by atoms with van der Waals surface area (Å²) in [5.74, 6) is -1.91. The van der Waals surface area contributed by atoms with Crippen LogP contribution < -0.4 is 9.47 Å². The van der Waals surface area contributed by atoms with E-state index in [1.54, 1.807) is 6.26 Å². The van der Waals surface area contributed by atoms with Crippen LogP contribution in [0.2, 0.25) is 0 Å². The Hall–Kier alpha value is -5.27. The third kappa shape index (κ3) is 18.6. The predicted octanol–water partition coefficient (Wildman–Crippen LogP) is 7.38. The van der Waals surface area contributed by atoms with Crippen molar-refractivity contribution in [3.63, 3.8) is 0 Å². The molecule has 1 atom stereocenters. The van der Waals surface area contributed by atoms with E-state index in [9.17, 15) is 24.0 Å². The topological polar surface area (TPSA) is 168 Å². The van der Waals surface area contributed by atoms with Crippen molar-refractivity contribution in [1.29, 1.82) is 5.26 Å². The summed E-state index contributed by atoms with van der Waals surface area (Å²) in [7, 11) is 0. The molecule has 2 aromatic carbocycles. The molecule has 0 aliphatic rings. The fourth-order valence-electron chi connectivity index (χ4n) is 4.60. The van der Waals surface area contributed by atoms with Crippen LogP contribution in [-0.2, 0) is 33.4 Å². The Morgan fingerprint density at radius 2 is 1.45 bits per heavy atom. The van der Waals surface area contributed by atoms with Crippen molar-refractivity contribution >= 4 is 35.6 Å². The van der Waals surface area contributed by atoms with Gasteiger partial charge in [-0.05, 0) is 80.6 Å². The number of isocyanates is 1.